The zero-order chi connectivity index (χ0) is 22.4. The second-order valence-electron chi connectivity index (χ2n) is 6.06. The summed E-state index contributed by atoms with van der Waals surface area (Å²) in [6, 6.07) is 2.83. The van der Waals surface area contributed by atoms with Crippen LogP contribution in [0.25, 0.3) is 0 Å². The Kier molecular flexibility index (Phi) is 12.0. The first-order valence-electron chi connectivity index (χ1n) is 8.77. The number of aryl methyl sites for hydroxylation is 1. The molecule has 1 N–H and O–H groups in total. The van der Waals surface area contributed by atoms with Crippen LogP contribution in [0.1, 0.15) is 24.2 Å². The Balaban J connectivity index is 0.000000665. The van der Waals surface area contributed by atoms with Crippen molar-refractivity contribution in [1.82, 2.24) is 9.88 Å². The predicted molar refractivity (Wildman–Crippen MR) is 121 cm³/mol. The first kappa shape index (κ1) is 25.5. The number of carbonyl (C=O) groups excluding carboxylic acids is 1. The van der Waals surface area contributed by atoms with Crippen molar-refractivity contribution < 1.29 is 9.53 Å². The molecule has 0 atom stereocenters. The lowest BCUT2D eigenvalue weighted by atomic mass is 10.2. The van der Waals surface area contributed by atoms with Crippen LogP contribution in [0.15, 0.2) is 81.7 Å². The van der Waals surface area contributed by atoms with Crippen molar-refractivity contribution >= 4 is 17.6 Å². The molecular weight excluding hydrogens is 368 g/mol. The number of nitrogens with zero attached hydrogens (tertiary/aromatic N) is 3. The smallest absolute Gasteiger partial charge is 0.258 e. The van der Waals surface area contributed by atoms with Gasteiger partial charge in [-0.3, -0.25) is 19.6 Å². The van der Waals surface area contributed by atoms with E-state index in [2.05, 4.69) is 28.5 Å². The lowest BCUT2D eigenvalue weighted by Crippen LogP contribution is -2.30. The molecular formula is C22H30N4O3. The zero-order valence-corrected chi connectivity index (χ0v) is 18.0. The minimum atomic E-state index is -0.317. The van der Waals surface area contributed by atoms with E-state index in [0.29, 0.717) is 17.3 Å². The second kappa shape index (κ2) is 13.7. The monoisotopic (exact) mass is 398 g/mol. The van der Waals surface area contributed by atoms with Gasteiger partial charge in [0.15, 0.2) is 0 Å². The molecule has 0 unspecified atom stereocenters. The Morgan fingerprint density at radius 2 is 1.66 bits per heavy atom. The maximum absolute atomic E-state index is 12.0. The molecule has 0 radical (unpaired) electrons. The van der Waals surface area contributed by atoms with Gasteiger partial charge in [-0.25, -0.2) is 0 Å². The predicted octanol–water partition coefficient (Wildman–Crippen LogP) is 3.07. The average molecular weight is 399 g/mol. The van der Waals surface area contributed by atoms with Gasteiger partial charge in [0, 0.05) is 39.5 Å². The van der Waals surface area contributed by atoms with E-state index in [4.69, 9.17) is 4.74 Å². The van der Waals surface area contributed by atoms with Crippen LogP contribution in [0.3, 0.4) is 0 Å². The van der Waals surface area contributed by atoms with Gasteiger partial charge in [0.1, 0.15) is 5.84 Å². The van der Waals surface area contributed by atoms with E-state index in [9.17, 15) is 9.59 Å². The maximum Gasteiger partial charge on any atom is 0.258 e. The fourth-order valence-corrected chi connectivity index (χ4v) is 1.76. The SMILES string of the molecule is C=C(C)/C=C\C(=NC)NC(=O)c1ccc(=O)n(C)c1.C=C(C)/C=C\C(=NC)OC. The van der Waals surface area contributed by atoms with Crippen molar-refractivity contribution in [3.8, 4) is 0 Å². The minimum absolute atomic E-state index is 0.164. The van der Waals surface area contributed by atoms with E-state index >= 15 is 0 Å². The normalized spacial score (nSPS) is 11.8. The molecule has 0 spiro atoms. The van der Waals surface area contributed by atoms with Crippen LogP contribution < -0.4 is 10.9 Å². The summed E-state index contributed by atoms with van der Waals surface area (Å²) in [4.78, 5) is 31.0. The van der Waals surface area contributed by atoms with Crippen molar-refractivity contribution in [2.75, 3.05) is 21.2 Å². The average Bonchev–Trinajstić information content (AvgIpc) is 2.68. The number of aliphatic imine (C=N–C) groups is 2. The molecule has 1 heterocycles. The second-order valence-corrected chi connectivity index (χ2v) is 6.06. The van der Waals surface area contributed by atoms with Crippen LogP contribution in [0, 0.1) is 0 Å². The molecule has 7 nitrogen and oxygen atoms in total. The number of allylic oxidation sites excluding steroid dienone is 4. The summed E-state index contributed by atoms with van der Waals surface area (Å²) in [7, 11) is 6.45. The Morgan fingerprint density at radius 3 is 2.10 bits per heavy atom. The number of amidine groups is 1. The van der Waals surface area contributed by atoms with Crippen LogP contribution in [-0.4, -0.2) is 43.4 Å². The number of ether oxygens (including phenoxy) is 1. The highest BCUT2D eigenvalue weighted by molar-refractivity contribution is 6.10. The molecule has 0 saturated heterocycles. The fourth-order valence-electron chi connectivity index (χ4n) is 1.76. The molecule has 0 bridgehead atoms. The number of nitrogens with one attached hydrogen (secondary N) is 1. The Labute approximate surface area is 172 Å². The molecule has 29 heavy (non-hydrogen) atoms. The summed E-state index contributed by atoms with van der Waals surface area (Å²) in [5, 5.41) is 2.65. The quantitative estimate of drug-likeness (QED) is 0.470. The Bertz CT molecular complexity index is 903. The zero-order valence-electron chi connectivity index (χ0n) is 18.0. The lowest BCUT2D eigenvalue weighted by molar-refractivity contribution is 0.0976. The maximum atomic E-state index is 12.0. The molecule has 0 saturated carbocycles. The molecule has 0 aliphatic carbocycles. The summed E-state index contributed by atoms with van der Waals surface area (Å²) in [5.74, 6) is 0.729. The number of methoxy groups -OCH3 is 1. The molecule has 156 valence electrons. The first-order valence-corrected chi connectivity index (χ1v) is 8.77. The Morgan fingerprint density at radius 1 is 1.07 bits per heavy atom. The van der Waals surface area contributed by atoms with Crippen molar-refractivity contribution in [3.63, 3.8) is 0 Å². The van der Waals surface area contributed by atoms with Crippen LogP contribution in [0.2, 0.25) is 0 Å². The van der Waals surface area contributed by atoms with Crippen molar-refractivity contribution in [2.45, 2.75) is 13.8 Å². The van der Waals surface area contributed by atoms with Gasteiger partial charge in [-0.15, -0.1) is 0 Å². The third kappa shape index (κ3) is 11.1. The molecule has 1 rings (SSSR count). The van der Waals surface area contributed by atoms with Crippen molar-refractivity contribution in [1.29, 1.82) is 0 Å². The summed E-state index contributed by atoms with van der Waals surface area (Å²) in [5.41, 5.74) is 2.07. The van der Waals surface area contributed by atoms with E-state index in [1.165, 1.54) is 22.9 Å². The number of amides is 1. The standard InChI is InChI=1S/C14H17N3O2.C8H13NO/c1-10(2)5-7-12(15-3)16-14(19)11-6-8-13(18)17(4)9-11;1-7(2)5-6-8(9-3)10-4/h5-9H,1H2,2-4H3,(H,15,16,19);5-6H,1H2,2-4H3/b7-5-;6-5-,9-8?. The van der Waals surface area contributed by atoms with Gasteiger partial charge in [0.25, 0.3) is 5.91 Å². The molecule has 1 amide bonds. The molecule has 0 aliphatic heterocycles. The molecule has 0 aromatic carbocycles. The third-order valence-electron chi connectivity index (χ3n) is 3.30. The number of rotatable bonds is 5. The van der Waals surface area contributed by atoms with Crippen molar-refractivity contribution in [2.24, 2.45) is 17.0 Å². The third-order valence-corrected chi connectivity index (χ3v) is 3.30. The molecule has 0 aliphatic rings. The molecule has 0 fully saturated rings. The van der Waals surface area contributed by atoms with Crippen LogP contribution >= 0.6 is 0 Å². The topological polar surface area (TPSA) is 85.0 Å². The van der Waals surface area contributed by atoms with Gasteiger partial charge in [0.05, 0.1) is 12.7 Å². The van der Waals surface area contributed by atoms with Gasteiger partial charge in [0.2, 0.25) is 11.5 Å². The molecule has 1 aromatic rings. The van der Waals surface area contributed by atoms with Crippen LogP contribution in [0.4, 0.5) is 0 Å². The van der Waals surface area contributed by atoms with Gasteiger partial charge in [-0.1, -0.05) is 36.5 Å². The molecule has 1 aromatic heterocycles. The summed E-state index contributed by atoms with van der Waals surface area (Å²) in [6.45, 7) is 11.2. The highest BCUT2D eigenvalue weighted by atomic mass is 16.5. The summed E-state index contributed by atoms with van der Waals surface area (Å²) < 4.78 is 6.22. The number of carbonyl (C=O) groups is 1. The summed E-state index contributed by atoms with van der Waals surface area (Å²) in [6.07, 6.45) is 8.53. The van der Waals surface area contributed by atoms with Gasteiger partial charge in [-0.05, 0) is 26.0 Å². The largest absolute Gasteiger partial charge is 0.481 e. The number of pyridine rings is 1. The van der Waals surface area contributed by atoms with Gasteiger partial charge in [-0.2, -0.15) is 0 Å². The van der Waals surface area contributed by atoms with E-state index in [0.717, 1.165) is 11.1 Å². The molecule has 7 heteroatoms. The van der Waals surface area contributed by atoms with Crippen molar-refractivity contribution in [3.05, 3.63) is 82.9 Å². The fraction of sp³-hybridized carbons (Fsp3) is 0.273. The number of aromatic nitrogens is 1. The number of hydrogen-bond acceptors (Lipinski definition) is 5. The van der Waals surface area contributed by atoms with Crippen LogP contribution in [-0.2, 0) is 11.8 Å². The highest BCUT2D eigenvalue weighted by Gasteiger charge is 2.07. The van der Waals surface area contributed by atoms with Gasteiger partial charge < -0.3 is 14.6 Å². The van der Waals surface area contributed by atoms with E-state index in [-0.39, 0.29) is 11.5 Å². The lowest BCUT2D eigenvalue weighted by Gasteiger charge is -2.05. The first-order chi connectivity index (χ1) is 13.6. The summed E-state index contributed by atoms with van der Waals surface area (Å²) >= 11 is 0. The Hall–Kier alpha value is -3.48. The van der Waals surface area contributed by atoms with E-state index in [1.54, 1.807) is 46.5 Å². The van der Waals surface area contributed by atoms with E-state index < -0.39 is 0 Å². The van der Waals surface area contributed by atoms with Gasteiger partial charge >= 0.3 is 0 Å². The number of hydrogen-bond donors (Lipinski definition) is 1. The van der Waals surface area contributed by atoms with E-state index in [1.807, 2.05) is 19.9 Å². The minimum Gasteiger partial charge on any atom is -0.481 e. The highest BCUT2D eigenvalue weighted by Crippen LogP contribution is 1.96. The van der Waals surface area contributed by atoms with Crippen LogP contribution in [0.5, 0.6) is 0 Å².